The summed E-state index contributed by atoms with van der Waals surface area (Å²) in [5.74, 6) is 0.256. The van der Waals surface area contributed by atoms with Gasteiger partial charge in [-0.05, 0) is 32.4 Å². The number of aromatic nitrogens is 1. The second-order valence-corrected chi connectivity index (χ2v) is 4.50. The van der Waals surface area contributed by atoms with Crippen molar-refractivity contribution in [3.8, 4) is 0 Å². The number of rotatable bonds is 0. The van der Waals surface area contributed by atoms with Crippen LogP contribution in [0, 0.1) is 20.8 Å². The SMILES string of the molecule is Cc1ccnc2c1C(=O)c1c(oc(C)c1C)C2=O. The third-order valence-electron chi connectivity index (χ3n) is 3.42. The topological polar surface area (TPSA) is 60.2 Å². The van der Waals surface area contributed by atoms with Crippen LogP contribution < -0.4 is 0 Å². The summed E-state index contributed by atoms with van der Waals surface area (Å²) in [4.78, 5) is 28.7. The molecule has 18 heavy (non-hydrogen) atoms. The van der Waals surface area contributed by atoms with E-state index in [1.165, 1.54) is 6.20 Å². The van der Waals surface area contributed by atoms with Crippen LogP contribution in [0.3, 0.4) is 0 Å². The lowest BCUT2D eigenvalue weighted by molar-refractivity contribution is 0.0954. The Bertz CT molecular complexity index is 710. The van der Waals surface area contributed by atoms with Gasteiger partial charge in [-0.15, -0.1) is 0 Å². The Morgan fingerprint density at radius 1 is 1.06 bits per heavy atom. The highest BCUT2D eigenvalue weighted by Gasteiger charge is 2.37. The first-order valence-electron chi connectivity index (χ1n) is 5.67. The number of hydrogen-bond donors (Lipinski definition) is 0. The van der Waals surface area contributed by atoms with E-state index in [1.54, 1.807) is 26.8 Å². The van der Waals surface area contributed by atoms with Crippen molar-refractivity contribution in [1.82, 2.24) is 4.98 Å². The largest absolute Gasteiger partial charge is 0.457 e. The predicted molar refractivity (Wildman–Crippen MR) is 64.0 cm³/mol. The lowest BCUT2D eigenvalue weighted by atomic mass is 9.87. The molecule has 1 aliphatic carbocycles. The summed E-state index contributed by atoms with van der Waals surface area (Å²) < 4.78 is 5.41. The van der Waals surface area contributed by atoms with Crippen LogP contribution in [0.5, 0.6) is 0 Å². The minimum atomic E-state index is -0.306. The number of ketones is 2. The van der Waals surface area contributed by atoms with Gasteiger partial charge in [-0.1, -0.05) is 0 Å². The van der Waals surface area contributed by atoms with Gasteiger partial charge in [0.25, 0.3) is 0 Å². The normalized spacial score (nSPS) is 13.5. The zero-order valence-corrected chi connectivity index (χ0v) is 10.3. The molecule has 0 saturated heterocycles. The van der Waals surface area contributed by atoms with Crippen LogP contribution in [-0.4, -0.2) is 16.6 Å². The van der Waals surface area contributed by atoms with Crippen molar-refractivity contribution in [2.45, 2.75) is 20.8 Å². The Hall–Kier alpha value is -2.23. The number of furan rings is 1. The molecule has 4 nitrogen and oxygen atoms in total. The summed E-state index contributed by atoms with van der Waals surface area (Å²) >= 11 is 0. The van der Waals surface area contributed by atoms with Crippen LogP contribution in [0.4, 0.5) is 0 Å². The summed E-state index contributed by atoms with van der Waals surface area (Å²) in [6, 6.07) is 1.73. The number of fused-ring (bicyclic) bond motifs is 2. The molecule has 0 aromatic carbocycles. The maximum Gasteiger partial charge on any atom is 0.248 e. The first-order chi connectivity index (χ1) is 8.52. The fraction of sp³-hybridized carbons (Fsp3) is 0.214. The zero-order chi connectivity index (χ0) is 13.0. The van der Waals surface area contributed by atoms with E-state index in [0.717, 1.165) is 11.1 Å². The molecule has 2 aromatic rings. The van der Waals surface area contributed by atoms with Crippen LogP contribution in [0.25, 0.3) is 0 Å². The number of nitrogens with zero attached hydrogens (tertiary/aromatic N) is 1. The van der Waals surface area contributed by atoms with E-state index in [0.29, 0.717) is 16.9 Å². The molecule has 0 saturated carbocycles. The van der Waals surface area contributed by atoms with Crippen molar-refractivity contribution in [2.75, 3.05) is 0 Å². The van der Waals surface area contributed by atoms with Crippen LogP contribution in [-0.2, 0) is 0 Å². The van der Waals surface area contributed by atoms with Crippen molar-refractivity contribution in [1.29, 1.82) is 0 Å². The fourth-order valence-corrected chi connectivity index (χ4v) is 2.31. The highest BCUT2D eigenvalue weighted by atomic mass is 16.3. The summed E-state index contributed by atoms with van der Waals surface area (Å²) in [5, 5.41) is 0. The number of carbonyl (C=O) groups excluding carboxylic acids is 2. The summed E-state index contributed by atoms with van der Waals surface area (Å²) in [7, 11) is 0. The monoisotopic (exact) mass is 241 g/mol. The predicted octanol–water partition coefficient (Wildman–Crippen LogP) is 2.38. The molecule has 0 spiro atoms. The lowest BCUT2D eigenvalue weighted by Gasteiger charge is -2.14. The van der Waals surface area contributed by atoms with E-state index >= 15 is 0 Å². The minimum Gasteiger partial charge on any atom is -0.457 e. The molecule has 2 aromatic heterocycles. The molecule has 4 heteroatoms. The molecule has 3 rings (SSSR count). The molecule has 0 aliphatic heterocycles. The van der Waals surface area contributed by atoms with Gasteiger partial charge in [0.2, 0.25) is 5.78 Å². The average molecular weight is 241 g/mol. The van der Waals surface area contributed by atoms with Crippen molar-refractivity contribution < 1.29 is 14.0 Å². The van der Waals surface area contributed by atoms with Gasteiger partial charge in [0.1, 0.15) is 11.5 Å². The standard InChI is InChI=1S/C14H11NO3/c1-6-4-5-15-11-9(6)12(16)10-7(2)8(3)18-14(10)13(11)17/h4-5H,1-3H3. The van der Waals surface area contributed by atoms with E-state index < -0.39 is 0 Å². The van der Waals surface area contributed by atoms with E-state index in [2.05, 4.69) is 4.98 Å². The fourth-order valence-electron chi connectivity index (χ4n) is 2.31. The minimum absolute atomic E-state index is 0.126. The molecule has 1 aliphatic rings. The van der Waals surface area contributed by atoms with Gasteiger partial charge in [0.05, 0.1) is 11.1 Å². The van der Waals surface area contributed by atoms with Gasteiger partial charge in [0, 0.05) is 11.8 Å². The van der Waals surface area contributed by atoms with E-state index in [1.807, 2.05) is 0 Å². The first kappa shape index (κ1) is 10.9. The van der Waals surface area contributed by atoms with Crippen molar-refractivity contribution in [3.05, 3.63) is 51.7 Å². The van der Waals surface area contributed by atoms with Crippen LogP contribution in [0.1, 0.15) is 49.1 Å². The lowest BCUT2D eigenvalue weighted by Crippen LogP contribution is -2.22. The zero-order valence-electron chi connectivity index (χ0n) is 10.3. The summed E-state index contributed by atoms with van der Waals surface area (Å²) in [6.45, 7) is 5.34. The van der Waals surface area contributed by atoms with Crippen molar-refractivity contribution >= 4 is 11.6 Å². The number of carbonyl (C=O) groups is 2. The number of aryl methyl sites for hydroxylation is 2. The quantitative estimate of drug-likeness (QED) is 0.606. The van der Waals surface area contributed by atoms with E-state index in [4.69, 9.17) is 4.42 Å². The van der Waals surface area contributed by atoms with Crippen molar-refractivity contribution in [2.24, 2.45) is 0 Å². The van der Waals surface area contributed by atoms with Gasteiger partial charge in [-0.3, -0.25) is 14.6 Å². The Morgan fingerprint density at radius 2 is 1.78 bits per heavy atom. The second-order valence-electron chi connectivity index (χ2n) is 4.50. The molecular weight excluding hydrogens is 230 g/mol. The number of pyridine rings is 1. The molecule has 0 fully saturated rings. The highest BCUT2D eigenvalue weighted by Crippen LogP contribution is 2.32. The van der Waals surface area contributed by atoms with E-state index in [-0.39, 0.29) is 23.0 Å². The highest BCUT2D eigenvalue weighted by molar-refractivity contribution is 6.27. The maximum atomic E-state index is 12.5. The average Bonchev–Trinajstić information content (AvgIpc) is 2.63. The molecule has 0 atom stereocenters. The van der Waals surface area contributed by atoms with Gasteiger partial charge < -0.3 is 4.42 Å². The Kier molecular flexibility index (Phi) is 2.05. The number of hydrogen-bond acceptors (Lipinski definition) is 4. The van der Waals surface area contributed by atoms with Gasteiger partial charge >= 0.3 is 0 Å². The molecule has 0 unspecified atom stereocenters. The van der Waals surface area contributed by atoms with Crippen molar-refractivity contribution in [3.63, 3.8) is 0 Å². The summed E-state index contributed by atoms with van der Waals surface area (Å²) in [6.07, 6.45) is 1.53. The molecule has 0 N–H and O–H groups in total. The van der Waals surface area contributed by atoms with E-state index in [9.17, 15) is 9.59 Å². The molecule has 0 amide bonds. The molecule has 0 bridgehead atoms. The smallest absolute Gasteiger partial charge is 0.248 e. The first-order valence-corrected chi connectivity index (χ1v) is 5.67. The van der Waals surface area contributed by atoms with Gasteiger partial charge in [-0.2, -0.15) is 0 Å². The van der Waals surface area contributed by atoms with Crippen LogP contribution >= 0.6 is 0 Å². The molecule has 0 radical (unpaired) electrons. The Labute approximate surface area is 104 Å². The van der Waals surface area contributed by atoms with Crippen LogP contribution in [0.15, 0.2) is 16.7 Å². The molecule has 2 heterocycles. The Balaban J connectivity index is 2.39. The van der Waals surface area contributed by atoms with Gasteiger partial charge in [-0.25, -0.2) is 0 Å². The third kappa shape index (κ3) is 1.17. The third-order valence-corrected chi connectivity index (χ3v) is 3.42. The maximum absolute atomic E-state index is 12.5. The Morgan fingerprint density at radius 3 is 2.50 bits per heavy atom. The summed E-state index contributed by atoms with van der Waals surface area (Å²) in [5.41, 5.74) is 2.49. The molecule has 90 valence electrons. The molecular formula is C14H11NO3. The van der Waals surface area contributed by atoms with Crippen LogP contribution in [0.2, 0.25) is 0 Å². The second kappa shape index (κ2) is 3.38. The van der Waals surface area contributed by atoms with Gasteiger partial charge in [0.15, 0.2) is 11.5 Å².